The topological polar surface area (TPSA) is 80.9 Å². The van der Waals surface area contributed by atoms with E-state index in [1.54, 1.807) is 18.3 Å². The lowest BCUT2D eigenvalue weighted by molar-refractivity contribution is 0.102. The zero-order valence-corrected chi connectivity index (χ0v) is 12.5. The SMILES string of the molecule is Nc1cnccc1C(=O)Nc1cccc2cc(Br)cnc12. The molecule has 0 spiro atoms. The molecule has 0 atom stereocenters. The molecule has 2 heterocycles. The number of aromatic nitrogens is 2. The number of hydrogen-bond acceptors (Lipinski definition) is 4. The fraction of sp³-hybridized carbons (Fsp3) is 0. The van der Waals surface area contributed by atoms with E-state index in [0.717, 1.165) is 15.4 Å². The van der Waals surface area contributed by atoms with E-state index in [2.05, 4.69) is 31.2 Å². The van der Waals surface area contributed by atoms with Crippen LogP contribution in [0.3, 0.4) is 0 Å². The van der Waals surface area contributed by atoms with Crippen LogP contribution in [0.5, 0.6) is 0 Å². The molecule has 0 bridgehead atoms. The number of benzene rings is 1. The second-order valence-corrected chi connectivity index (χ2v) is 5.36. The van der Waals surface area contributed by atoms with Gasteiger partial charge < -0.3 is 11.1 Å². The number of nitrogens with one attached hydrogen (secondary N) is 1. The van der Waals surface area contributed by atoms with E-state index in [1.165, 1.54) is 12.4 Å². The summed E-state index contributed by atoms with van der Waals surface area (Å²) >= 11 is 3.38. The number of carbonyl (C=O) groups excluding carboxylic acids is 1. The van der Waals surface area contributed by atoms with Gasteiger partial charge in [0.25, 0.3) is 5.91 Å². The Kier molecular flexibility index (Phi) is 3.53. The van der Waals surface area contributed by atoms with Crippen molar-refractivity contribution >= 4 is 44.1 Å². The number of fused-ring (bicyclic) bond motifs is 1. The lowest BCUT2D eigenvalue weighted by Gasteiger charge is -2.09. The van der Waals surface area contributed by atoms with Gasteiger partial charge in [-0.1, -0.05) is 12.1 Å². The van der Waals surface area contributed by atoms with E-state index >= 15 is 0 Å². The second kappa shape index (κ2) is 5.49. The Morgan fingerprint density at radius 2 is 2.10 bits per heavy atom. The zero-order chi connectivity index (χ0) is 14.8. The molecule has 2 aromatic heterocycles. The molecular formula is C15H11BrN4O. The van der Waals surface area contributed by atoms with Gasteiger partial charge in [0.2, 0.25) is 0 Å². The van der Waals surface area contributed by atoms with Crippen molar-refractivity contribution in [3.05, 3.63) is 59.0 Å². The van der Waals surface area contributed by atoms with E-state index in [9.17, 15) is 4.79 Å². The minimum absolute atomic E-state index is 0.285. The molecule has 6 heteroatoms. The van der Waals surface area contributed by atoms with E-state index in [-0.39, 0.29) is 5.91 Å². The number of nitrogens with two attached hydrogens (primary N) is 1. The Labute approximate surface area is 129 Å². The summed E-state index contributed by atoms with van der Waals surface area (Å²) in [5.41, 5.74) is 7.85. The average molecular weight is 343 g/mol. The Balaban J connectivity index is 1.99. The standard InChI is InChI=1S/C15H11BrN4O/c16-10-6-9-2-1-3-13(14(9)19-7-10)20-15(21)11-4-5-18-8-12(11)17/h1-8H,17H2,(H,20,21). The number of nitrogen functional groups attached to an aromatic ring is 1. The number of para-hydroxylation sites is 1. The third-order valence-electron chi connectivity index (χ3n) is 3.02. The summed E-state index contributed by atoms with van der Waals surface area (Å²) in [6.45, 7) is 0. The number of halogens is 1. The first-order chi connectivity index (χ1) is 10.1. The van der Waals surface area contributed by atoms with Gasteiger partial charge in [-0.2, -0.15) is 0 Å². The molecule has 104 valence electrons. The first-order valence-electron chi connectivity index (χ1n) is 6.20. The van der Waals surface area contributed by atoms with Gasteiger partial charge in [0.05, 0.1) is 28.7 Å². The zero-order valence-electron chi connectivity index (χ0n) is 10.9. The highest BCUT2D eigenvalue weighted by Gasteiger charge is 2.11. The maximum absolute atomic E-state index is 12.3. The summed E-state index contributed by atoms with van der Waals surface area (Å²) in [5, 5.41) is 3.77. The number of pyridine rings is 2. The van der Waals surface area contributed by atoms with Gasteiger partial charge in [0.1, 0.15) is 0 Å². The Hall–Kier alpha value is -2.47. The van der Waals surface area contributed by atoms with Gasteiger partial charge in [-0.3, -0.25) is 14.8 Å². The van der Waals surface area contributed by atoms with Crippen LogP contribution in [0.2, 0.25) is 0 Å². The van der Waals surface area contributed by atoms with Crippen LogP contribution in [-0.2, 0) is 0 Å². The molecule has 0 aliphatic carbocycles. The van der Waals surface area contributed by atoms with Crippen LogP contribution in [0, 0.1) is 0 Å². The summed E-state index contributed by atoms with van der Waals surface area (Å²) in [5.74, 6) is -0.285. The van der Waals surface area contributed by atoms with Crippen molar-refractivity contribution in [3.63, 3.8) is 0 Å². The summed E-state index contributed by atoms with van der Waals surface area (Å²) in [4.78, 5) is 20.5. The third kappa shape index (κ3) is 2.71. The van der Waals surface area contributed by atoms with Crippen LogP contribution in [0.1, 0.15) is 10.4 Å². The summed E-state index contributed by atoms with van der Waals surface area (Å²) in [6, 6.07) is 9.13. The largest absolute Gasteiger partial charge is 0.397 e. The molecule has 1 amide bonds. The van der Waals surface area contributed by atoms with Gasteiger partial charge in [0.15, 0.2) is 0 Å². The fourth-order valence-electron chi connectivity index (χ4n) is 2.04. The van der Waals surface area contributed by atoms with Gasteiger partial charge in [0, 0.05) is 22.3 Å². The van der Waals surface area contributed by atoms with Crippen LogP contribution in [0.25, 0.3) is 10.9 Å². The molecular weight excluding hydrogens is 332 g/mol. The van der Waals surface area contributed by atoms with E-state index in [0.29, 0.717) is 16.9 Å². The molecule has 0 aliphatic rings. The molecule has 5 nitrogen and oxygen atoms in total. The smallest absolute Gasteiger partial charge is 0.257 e. The van der Waals surface area contributed by atoms with Crippen molar-refractivity contribution in [2.75, 3.05) is 11.1 Å². The summed E-state index contributed by atoms with van der Waals surface area (Å²) < 4.78 is 0.886. The third-order valence-corrected chi connectivity index (χ3v) is 3.46. The van der Waals surface area contributed by atoms with Crippen molar-refractivity contribution in [2.24, 2.45) is 0 Å². The number of rotatable bonds is 2. The van der Waals surface area contributed by atoms with E-state index < -0.39 is 0 Å². The fourth-order valence-corrected chi connectivity index (χ4v) is 2.39. The molecule has 3 aromatic rings. The lowest BCUT2D eigenvalue weighted by Crippen LogP contribution is -2.14. The maximum atomic E-state index is 12.3. The molecule has 3 N–H and O–H groups in total. The number of hydrogen-bond donors (Lipinski definition) is 2. The van der Waals surface area contributed by atoms with Crippen LogP contribution in [0.15, 0.2) is 53.4 Å². The van der Waals surface area contributed by atoms with Crippen molar-refractivity contribution < 1.29 is 4.79 Å². The van der Waals surface area contributed by atoms with Gasteiger partial charge in [-0.15, -0.1) is 0 Å². The van der Waals surface area contributed by atoms with Crippen molar-refractivity contribution in [3.8, 4) is 0 Å². The van der Waals surface area contributed by atoms with Crippen LogP contribution < -0.4 is 11.1 Å². The number of amides is 1. The summed E-state index contributed by atoms with van der Waals surface area (Å²) in [7, 11) is 0. The molecule has 0 aliphatic heterocycles. The molecule has 0 unspecified atom stereocenters. The normalized spacial score (nSPS) is 10.5. The predicted molar refractivity (Wildman–Crippen MR) is 86.0 cm³/mol. The van der Waals surface area contributed by atoms with Crippen molar-refractivity contribution in [1.29, 1.82) is 0 Å². The lowest BCUT2D eigenvalue weighted by atomic mass is 10.1. The van der Waals surface area contributed by atoms with E-state index in [4.69, 9.17) is 5.73 Å². The summed E-state index contributed by atoms with van der Waals surface area (Å²) in [6.07, 6.45) is 4.68. The molecule has 0 fully saturated rings. The Morgan fingerprint density at radius 3 is 2.90 bits per heavy atom. The van der Waals surface area contributed by atoms with Gasteiger partial charge in [-0.05, 0) is 34.1 Å². The molecule has 0 radical (unpaired) electrons. The second-order valence-electron chi connectivity index (χ2n) is 4.45. The molecule has 21 heavy (non-hydrogen) atoms. The predicted octanol–water partition coefficient (Wildman–Crippen LogP) is 3.23. The molecule has 1 aromatic carbocycles. The van der Waals surface area contributed by atoms with Gasteiger partial charge >= 0.3 is 0 Å². The monoisotopic (exact) mass is 342 g/mol. The number of nitrogens with zero attached hydrogens (tertiary/aromatic N) is 2. The minimum Gasteiger partial charge on any atom is -0.397 e. The molecule has 0 saturated carbocycles. The first kappa shape index (κ1) is 13.5. The van der Waals surface area contributed by atoms with E-state index in [1.807, 2.05) is 18.2 Å². The first-order valence-corrected chi connectivity index (χ1v) is 6.99. The number of anilines is 2. The molecule has 3 rings (SSSR count). The van der Waals surface area contributed by atoms with Crippen LogP contribution in [0.4, 0.5) is 11.4 Å². The highest BCUT2D eigenvalue weighted by atomic mass is 79.9. The van der Waals surface area contributed by atoms with Crippen LogP contribution in [-0.4, -0.2) is 15.9 Å². The highest BCUT2D eigenvalue weighted by molar-refractivity contribution is 9.10. The Morgan fingerprint density at radius 1 is 1.24 bits per heavy atom. The minimum atomic E-state index is -0.285. The highest BCUT2D eigenvalue weighted by Crippen LogP contribution is 2.24. The average Bonchev–Trinajstić information content (AvgIpc) is 2.47. The quantitative estimate of drug-likeness (QED) is 0.749. The van der Waals surface area contributed by atoms with Crippen LogP contribution >= 0.6 is 15.9 Å². The van der Waals surface area contributed by atoms with Crippen molar-refractivity contribution in [2.45, 2.75) is 0 Å². The van der Waals surface area contributed by atoms with Crippen molar-refractivity contribution in [1.82, 2.24) is 9.97 Å². The maximum Gasteiger partial charge on any atom is 0.257 e. The van der Waals surface area contributed by atoms with Gasteiger partial charge in [-0.25, -0.2) is 0 Å². The number of carbonyl (C=O) groups is 1. The Bertz CT molecular complexity index is 835. The molecule has 0 saturated heterocycles.